The Morgan fingerprint density at radius 3 is 2.87 bits per heavy atom. The van der Waals surface area contributed by atoms with Crippen LogP contribution in [-0.2, 0) is 4.74 Å². The van der Waals surface area contributed by atoms with E-state index in [1.54, 1.807) is 18.6 Å². The van der Waals surface area contributed by atoms with Crippen LogP contribution in [0.2, 0.25) is 0 Å². The van der Waals surface area contributed by atoms with Crippen molar-refractivity contribution in [3.63, 3.8) is 0 Å². The first-order valence-electron chi connectivity index (χ1n) is 5.38. The second-order valence-electron chi connectivity index (χ2n) is 3.94. The molecule has 1 N–H and O–H groups in total. The molecule has 4 nitrogen and oxygen atoms in total. The predicted molar refractivity (Wildman–Crippen MR) is 55.2 cm³/mol. The average Bonchev–Trinajstić information content (AvgIpc) is 2.31. The lowest BCUT2D eigenvalue weighted by atomic mass is 9.93. The lowest BCUT2D eigenvalue weighted by Crippen LogP contribution is -2.18. The summed E-state index contributed by atoms with van der Waals surface area (Å²) in [6.45, 7) is 1.63. The van der Waals surface area contributed by atoms with Gasteiger partial charge in [0.2, 0.25) is 0 Å². The summed E-state index contributed by atoms with van der Waals surface area (Å²) in [7, 11) is 0. The molecule has 0 aliphatic carbocycles. The molecule has 0 bridgehead atoms. The van der Waals surface area contributed by atoms with Crippen molar-refractivity contribution >= 4 is 0 Å². The molecule has 1 aliphatic heterocycles. The SMILES string of the molecule is OC(CC1CCOCC1)c1cnccn1. The van der Waals surface area contributed by atoms with Crippen LogP contribution in [0.1, 0.15) is 31.1 Å². The molecule has 0 aromatic carbocycles. The number of ether oxygens (including phenoxy) is 1. The number of aliphatic hydroxyl groups is 1. The van der Waals surface area contributed by atoms with Crippen LogP contribution in [-0.4, -0.2) is 28.3 Å². The molecule has 0 amide bonds. The van der Waals surface area contributed by atoms with Crippen LogP contribution >= 0.6 is 0 Å². The Hall–Kier alpha value is -1.00. The molecule has 2 heterocycles. The lowest BCUT2D eigenvalue weighted by Gasteiger charge is -2.23. The highest BCUT2D eigenvalue weighted by Gasteiger charge is 2.19. The van der Waals surface area contributed by atoms with E-state index in [4.69, 9.17) is 4.74 Å². The molecule has 1 aromatic heterocycles. The monoisotopic (exact) mass is 208 g/mol. The molecule has 1 saturated heterocycles. The highest BCUT2D eigenvalue weighted by molar-refractivity contribution is 4.99. The zero-order valence-corrected chi connectivity index (χ0v) is 8.67. The molecule has 0 radical (unpaired) electrons. The first kappa shape index (κ1) is 10.5. The summed E-state index contributed by atoms with van der Waals surface area (Å²) in [5.41, 5.74) is 0.670. The van der Waals surface area contributed by atoms with Crippen molar-refractivity contribution < 1.29 is 9.84 Å². The van der Waals surface area contributed by atoms with Crippen molar-refractivity contribution in [2.75, 3.05) is 13.2 Å². The van der Waals surface area contributed by atoms with Gasteiger partial charge in [-0.1, -0.05) is 0 Å². The fourth-order valence-electron chi connectivity index (χ4n) is 1.90. The third-order valence-electron chi connectivity index (χ3n) is 2.82. The van der Waals surface area contributed by atoms with Gasteiger partial charge in [-0.15, -0.1) is 0 Å². The number of rotatable bonds is 3. The largest absolute Gasteiger partial charge is 0.387 e. The normalized spacial score (nSPS) is 20.1. The van der Waals surface area contributed by atoms with E-state index in [0.29, 0.717) is 11.6 Å². The van der Waals surface area contributed by atoms with E-state index < -0.39 is 6.10 Å². The molecule has 2 rings (SSSR count). The van der Waals surface area contributed by atoms with Gasteiger partial charge in [0.25, 0.3) is 0 Å². The van der Waals surface area contributed by atoms with E-state index in [1.165, 1.54) is 0 Å². The highest BCUT2D eigenvalue weighted by atomic mass is 16.5. The topological polar surface area (TPSA) is 55.2 Å². The summed E-state index contributed by atoms with van der Waals surface area (Å²) >= 11 is 0. The molecule has 0 saturated carbocycles. The van der Waals surface area contributed by atoms with Crippen molar-refractivity contribution in [2.24, 2.45) is 5.92 Å². The van der Waals surface area contributed by atoms with Gasteiger partial charge in [-0.05, 0) is 25.2 Å². The number of hydrogen-bond donors (Lipinski definition) is 1. The minimum absolute atomic E-state index is 0.484. The lowest BCUT2D eigenvalue weighted by molar-refractivity contribution is 0.0426. The van der Waals surface area contributed by atoms with Gasteiger partial charge < -0.3 is 9.84 Å². The van der Waals surface area contributed by atoms with Gasteiger partial charge in [0.15, 0.2) is 0 Å². The second kappa shape index (κ2) is 5.19. The average molecular weight is 208 g/mol. The van der Waals surface area contributed by atoms with Gasteiger partial charge in [-0.2, -0.15) is 0 Å². The van der Waals surface area contributed by atoms with Crippen LogP contribution in [0, 0.1) is 5.92 Å². The number of aliphatic hydroxyl groups excluding tert-OH is 1. The third kappa shape index (κ3) is 2.97. The number of nitrogens with zero attached hydrogens (tertiary/aromatic N) is 2. The zero-order valence-electron chi connectivity index (χ0n) is 8.67. The van der Waals surface area contributed by atoms with E-state index >= 15 is 0 Å². The molecule has 1 fully saturated rings. The van der Waals surface area contributed by atoms with Crippen LogP contribution in [0.4, 0.5) is 0 Å². The maximum atomic E-state index is 9.93. The summed E-state index contributed by atoms with van der Waals surface area (Å²) in [4.78, 5) is 8.05. The smallest absolute Gasteiger partial charge is 0.0978 e. The van der Waals surface area contributed by atoms with Gasteiger partial charge in [-0.25, -0.2) is 0 Å². The first-order chi connectivity index (χ1) is 7.36. The van der Waals surface area contributed by atoms with E-state index in [-0.39, 0.29) is 0 Å². The molecular weight excluding hydrogens is 192 g/mol. The van der Waals surface area contributed by atoms with Crippen LogP contribution in [0.5, 0.6) is 0 Å². The van der Waals surface area contributed by atoms with Crippen molar-refractivity contribution in [2.45, 2.75) is 25.4 Å². The van der Waals surface area contributed by atoms with Gasteiger partial charge >= 0.3 is 0 Å². The summed E-state index contributed by atoms with van der Waals surface area (Å²) in [5.74, 6) is 0.552. The molecule has 1 unspecified atom stereocenters. The maximum absolute atomic E-state index is 9.93. The Morgan fingerprint density at radius 1 is 1.40 bits per heavy atom. The minimum Gasteiger partial charge on any atom is -0.387 e. The molecule has 1 atom stereocenters. The minimum atomic E-state index is -0.484. The van der Waals surface area contributed by atoms with Crippen molar-refractivity contribution in [3.05, 3.63) is 24.3 Å². The molecule has 1 aromatic rings. The van der Waals surface area contributed by atoms with Crippen LogP contribution in [0.25, 0.3) is 0 Å². The van der Waals surface area contributed by atoms with Gasteiger partial charge in [0, 0.05) is 25.6 Å². The molecule has 0 spiro atoms. The quantitative estimate of drug-likeness (QED) is 0.814. The van der Waals surface area contributed by atoms with E-state index in [1.807, 2.05) is 0 Å². The Labute approximate surface area is 89.3 Å². The van der Waals surface area contributed by atoms with Crippen LogP contribution in [0.15, 0.2) is 18.6 Å². The van der Waals surface area contributed by atoms with E-state index in [9.17, 15) is 5.11 Å². The van der Waals surface area contributed by atoms with Crippen molar-refractivity contribution in [1.29, 1.82) is 0 Å². The number of aromatic nitrogens is 2. The fraction of sp³-hybridized carbons (Fsp3) is 0.636. The van der Waals surface area contributed by atoms with Crippen LogP contribution in [0.3, 0.4) is 0 Å². The first-order valence-corrected chi connectivity index (χ1v) is 5.38. The van der Waals surface area contributed by atoms with Gasteiger partial charge in [0.05, 0.1) is 18.0 Å². The second-order valence-corrected chi connectivity index (χ2v) is 3.94. The predicted octanol–water partition coefficient (Wildman–Crippen LogP) is 1.33. The Balaban J connectivity index is 1.88. The molecule has 82 valence electrons. The van der Waals surface area contributed by atoms with E-state index in [0.717, 1.165) is 32.5 Å². The van der Waals surface area contributed by atoms with Gasteiger partial charge in [-0.3, -0.25) is 9.97 Å². The number of hydrogen-bond acceptors (Lipinski definition) is 4. The Kier molecular flexibility index (Phi) is 3.64. The molecule has 4 heteroatoms. The Morgan fingerprint density at radius 2 is 2.20 bits per heavy atom. The van der Waals surface area contributed by atoms with E-state index in [2.05, 4.69) is 9.97 Å². The molecule has 15 heavy (non-hydrogen) atoms. The summed E-state index contributed by atoms with van der Waals surface area (Å²) < 4.78 is 5.28. The Bertz CT molecular complexity index is 286. The van der Waals surface area contributed by atoms with Gasteiger partial charge in [0.1, 0.15) is 0 Å². The van der Waals surface area contributed by atoms with Crippen molar-refractivity contribution in [3.8, 4) is 0 Å². The highest BCUT2D eigenvalue weighted by Crippen LogP contribution is 2.25. The molecule has 1 aliphatic rings. The van der Waals surface area contributed by atoms with Crippen LogP contribution < -0.4 is 0 Å². The van der Waals surface area contributed by atoms with Crippen molar-refractivity contribution in [1.82, 2.24) is 9.97 Å². The summed E-state index contributed by atoms with van der Waals surface area (Å²) in [6, 6.07) is 0. The summed E-state index contributed by atoms with van der Waals surface area (Å²) in [6.07, 6.45) is 7.22. The standard InChI is InChI=1S/C11H16N2O2/c14-11(10-8-12-3-4-13-10)7-9-1-5-15-6-2-9/h3-4,8-9,11,14H,1-2,5-7H2. The fourth-order valence-corrected chi connectivity index (χ4v) is 1.90. The summed E-state index contributed by atoms with van der Waals surface area (Å²) in [5, 5.41) is 9.93. The zero-order chi connectivity index (χ0) is 10.5. The third-order valence-corrected chi connectivity index (χ3v) is 2.82. The molecular formula is C11H16N2O2. The maximum Gasteiger partial charge on any atom is 0.0978 e.